The second kappa shape index (κ2) is 3.33. The molecule has 0 spiro atoms. The molecule has 80 valence electrons. The minimum absolute atomic E-state index is 0.344. The van der Waals surface area contributed by atoms with E-state index in [0.717, 1.165) is 18.8 Å². The van der Waals surface area contributed by atoms with E-state index in [4.69, 9.17) is 0 Å². The van der Waals surface area contributed by atoms with Crippen LogP contribution in [0.15, 0.2) is 18.2 Å². The maximum Gasteiger partial charge on any atom is 0.117 e. The fourth-order valence-corrected chi connectivity index (χ4v) is 2.67. The van der Waals surface area contributed by atoms with Crippen molar-refractivity contribution in [2.45, 2.75) is 25.3 Å². The van der Waals surface area contributed by atoms with Gasteiger partial charge in [0.05, 0.1) is 11.4 Å². The number of anilines is 2. The lowest BCUT2D eigenvalue weighted by atomic mass is 9.98. The van der Waals surface area contributed by atoms with Crippen LogP contribution in [-0.4, -0.2) is 24.2 Å². The zero-order chi connectivity index (χ0) is 10.3. The zero-order valence-corrected chi connectivity index (χ0v) is 8.74. The zero-order valence-electron chi connectivity index (χ0n) is 8.74. The van der Waals surface area contributed by atoms with Crippen molar-refractivity contribution in [3.05, 3.63) is 18.2 Å². The number of phenols is 1. The third-order valence-corrected chi connectivity index (χ3v) is 3.44. The Labute approximate surface area is 89.7 Å². The molecule has 1 atom stereocenters. The maximum atomic E-state index is 9.43. The Morgan fingerprint density at radius 1 is 1.33 bits per heavy atom. The summed E-state index contributed by atoms with van der Waals surface area (Å²) in [6.45, 7) is 2.17. The van der Waals surface area contributed by atoms with Gasteiger partial charge in [-0.3, -0.25) is 0 Å². The largest absolute Gasteiger partial charge is 0.508 e. The van der Waals surface area contributed by atoms with Crippen LogP contribution in [0.3, 0.4) is 0 Å². The van der Waals surface area contributed by atoms with Crippen LogP contribution < -0.4 is 10.2 Å². The van der Waals surface area contributed by atoms with Gasteiger partial charge in [-0.25, -0.2) is 0 Å². The minimum Gasteiger partial charge on any atom is -0.508 e. The van der Waals surface area contributed by atoms with E-state index >= 15 is 0 Å². The van der Waals surface area contributed by atoms with Crippen molar-refractivity contribution < 1.29 is 5.11 Å². The van der Waals surface area contributed by atoms with Gasteiger partial charge in [0.25, 0.3) is 0 Å². The monoisotopic (exact) mass is 204 g/mol. The SMILES string of the molecule is Oc1ccc2c(c1)NCC1CCCCN21. The maximum absolute atomic E-state index is 9.43. The van der Waals surface area contributed by atoms with Crippen LogP contribution in [0.1, 0.15) is 19.3 Å². The van der Waals surface area contributed by atoms with E-state index in [1.807, 2.05) is 12.1 Å². The number of rotatable bonds is 0. The van der Waals surface area contributed by atoms with Crippen LogP contribution in [0.5, 0.6) is 5.75 Å². The molecule has 3 heteroatoms. The van der Waals surface area contributed by atoms with E-state index < -0.39 is 0 Å². The number of nitrogens with one attached hydrogen (secondary N) is 1. The highest BCUT2D eigenvalue weighted by Crippen LogP contribution is 2.36. The molecule has 2 aliphatic rings. The molecule has 1 unspecified atom stereocenters. The van der Waals surface area contributed by atoms with E-state index in [2.05, 4.69) is 10.2 Å². The molecule has 0 saturated carbocycles. The third kappa shape index (κ3) is 1.42. The Balaban J connectivity index is 1.99. The molecule has 1 aromatic carbocycles. The minimum atomic E-state index is 0.344. The van der Waals surface area contributed by atoms with Crippen molar-refractivity contribution in [1.29, 1.82) is 0 Å². The van der Waals surface area contributed by atoms with Gasteiger partial charge in [-0.1, -0.05) is 0 Å². The van der Waals surface area contributed by atoms with Gasteiger partial charge in [0.15, 0.2) is 0 Å². The first-order valence-electron chi connectivity index (χ1n) is 5.68. The molecular formula is C12H16N2O. The molecule has 0 amide bonds. The number of hydrogen-bond acceptors (Lipinski definition) is 3. The van der Waals surface area contributed by atoms with Crippen LogP contribution in [0.25, 0.3) is 0 Å². The summed E-state index contributed by atoms with van der Waals surface area (Å²) in [5.41, 5.74) is 2.33. The van der Waals surface area contributed by atoms with Crippen LogP contribution in [0, 0.1) is 0 Å². The van der Waals surface area contributed by atoms with Gasteiger partial charge in [0.1, 0.15) is 5.75 Å². The number of benzene rings is 1. The lowest BCUT2D eigenvalue weighted by Crippen LogP contribution is -2.46. The first kappa shape index (κ1) is 8.89. The molecule has 15 heavy (non-hydrogen) atoms. The molecular weight excluding hydrogens is 188 g/mol. The Hall–Kier alpha value is -1.38. The fourth-order valence-electron chi connectivity index (χ4n) is 2.67. The number of nitrogens with zero attached hydrogens (tertiary/aromatic N) is 1. The summed E-state index contributed by atoms with van der Waals surface area (Å²) in [5.74, 6) is 0.344. The molecule has 0 aliphatic carbocycles. The first-order valence-corrected chi connectivity index (χ1v) is 5.68. The van der Waals surface area contributed by atoms with Gasteiger partial charge in [0.2, 0.25) is 0 Å². The number of aromatic hydroxyl groups is 1. The van der Waals surface area contributed by atoms with E-state index in [0.29, 0.717) is 11.8 Å². The van der Waals surface area contributed by atoms with Crippen molar-refractivity contribution in [3.63, 3.8) is 0 Å². The molecule has 3 rings (SSSR count). The van der Waals surface area contributed by atoms with Gasteiger partial charge in [0, 0.05) is 25.2 Å². The highest BCUT2D eigenvalue weighted by Gasteiger charge is 2.27. The number of phenolic OH excluding ortho intramolecular Hbond substituents is 1. The van der Waals surface area contributed by atoms with Crippen LogP contribution in [0.4, 0.5) is 11.4 Å². The van der Waals surface area contributed by atoms with E-state index in [1.165, 1.54) is 24.9 Å². The lowest BCUT2D eigenvalue weighted by Gasteiger charge is -2.42. The average molecular weight is 204 g/mol. The second-order valence-corrected chi connectivity index (χ2v) is 4.43. The molecule has 1 aromatic rings. The average Bonchev–Trinajstić information content (AvgIpc) is 2.28. The molecule has 0 radical (unpaired) electrons. The van der Waals surface area contributed by atoms with Gasteiger partial charge in [-0.15, -0.1) is 0 Å². The molecule has 0 aromatic heterocycles. The predicted octanol–water partition coefficient (Wildman–Crippen LogP) is 2.18. The second-order valence-electron chi connectivity index (χ2n) is 4.43. The summed E-state index contributed by atoms with van der Waals surface area (Å²) in [7, 11) is 0. The lowest BCUT2D eigenvalue weighted by molar-refractivity contribution is 0.461. The smallest absolute Gasteiger partial charge is 0.117 e. The molecule has 3 nitrogen and oxygen atoms in total. The van der Waals surface area contributed by atoms with Crippen LogP contribution in [0.2, 0.25) is 0 Å². The van der Waals surface area contributed by atoms with E-state index in [9.17, 15) is 5.11 Å². The Bertz CT molecular complexity index is 378. The van der Waals surface area contributed by atoms with Gasteiger partial charge in [-0.05, 0) is 31.4 Å². The summed E-state index contributed by atoms with van der Waals surface area (Å²) in [5, 5.41) is 12.8. The Morgan fingerprint density at radius 3 is 3.20 bits per heavy atom. The van der Waals surface area contributed by atoms with Crippen LogP contribution >= 0.6 is 0 Å². The highest BCUT2D eigenvalue weighted by molar-refractivity contribution is 5.74. The summed E-state index contributed by atoms with van der Waals surface area (Å²) < 4.78 is 0. The van der Waals surface area contributed by atoms with Gasteiger partial charge < -0.3 is 15.3 Å². The molecule has 0 bridgehead atoms. The topological polar surface area (TPSA) is 35.5 Å². The number of fused-ring (bicyclic) bond motifs is 3. The number of hydrogen-bond donors (Lipinski definition) is 2. The fraction of sp³-hybridized carbons (Fsp3) is 0.500. The normalized spacial score (nSPS) is 24.0. The van der Waals surface area contributed by atoms with Gasteiger partial charge in [-0.2, -0.15) is 0 Å². The van der Waals surface area contributed by atoms with Crippen LogP contribution in [-0.2, 0) is 0 Å². The molecule has 2 aliphatic heterocycles. The quantitative estimate of drug-likeness (QED) is 0.680. The van der Waals surface area contributed by atoms with Crippen molar-refractivity contribution in [1.82, 2.24) is 0 Å². The van der Waals surface area contributed by atoms with Crippen molar-refractivity contribution in [2.75, 3.05) is 23.3 Å². The first-order chi connectivity index (χ1) is 7.34. The molecule has 2 N–H and O–H groups in total. The third-order valence-electron chi connectivity index (χ3n) is 3.44. The Kier molecular flexibility index (Phi) is 1.97. The van der Waals surface area contributed by atoms with E-state index in [1.54, 1.807) is 6.07 Å². The van der Waals surface area contributed by atoms with Gasteiger partial charge >= 0.3 is 0 Å². The highest BCUT2D eigenvalue weighted by atomic mass is 16.3. The van der Waals surface area contributed by atoms with Crippen molar-refractivity contribution >= 4 is 11.4 Å². The molecule has 1 fully saturated rings. The Morgan fingerprint density at radius 2 is 2.27 bits per heavy atom. The standard InChI is InChI=1S/C12H16N2O/c15-10-4-5-12-11(7-10)13-8-9-3-1-2-6-14(9)12/h4-5,7,9,13,15H,1-3,6,8H2. The summed E-state index contributed by atoms with van der Waals surface area (Å²) in [6, 6.07) is 6.27. The summed E-state index contributed by atoms with van der Waals surface area (Å²) in [4.78, 5) is 2.48. The molecule has 2 heterocycles. The predicted molar refractivity (Wildman–Crippen MR) is 61.6 cm³/mol. The van der Waals surface area contributed by atoms with Crippen molar-refractivity contribution in [3.8, 4) is 5.75 Å². The summed E-state index contributed by atoms with van der Waals surface area (Å²) >= 11 is 0. The van der Waals surface area contributed by atoms with E-state index in [-0.39, 0.29) is 0 Å². The number of piperidine rings is 1. The van der Waals surface area contributed by atoms with Crippen molar-refractivity contribution in [2.24, 2.45) is 0 Å². The summed E-state index contributed by atoms with van der Waals surface area (Å²) in [6.07, 6.45) is 3.92. The molecule has 1 saturated heterocycles.